The van der Waals surface area contributed by atoms with Gasteiger partial charge in [-0.2, -0.15) is 0 Å². The quantitative estimate of drug-likeness (QED) is 0.817. The molecule has 0 saturated carbocycles. The smallest absolute Gasteiger partial charge is 0.136 e. The number of para-hydroxylation sites is 1. The minimum absolute atomic E-state index is 0.361. The number of rotatable bonds is 2. The molecule has 0 atom stereocenters. The van der Waals surface area contributed by atoms with Crippen molar-refractivity contribution in [1.82, 2.24) is 9.97 Å². The van der Waals surface area contributed by atoms with Gasteiger partial charge in [0.05, 0.1) is 0 Å². The Bertz CT molecular complexity index is 578. The molecule has 1 aromatic heterocycles. The highest BCUT2D eigenvalue weighted by molar-refractivity contribution is 5.65. The second kappa shape index (κ2) is 5.00. The zero-order chi connectivity index (χ0) is 13.2. The van der Waals surface area contributed by atoms with Gasteiger partial charge in [0.15, 0.2) is 0 Å². The fourth-order valence-electron chi connectivity index (χ4n) is 2.56. The molecule has 2 aromatic rings. The van der Waals surface area contributed by atoms with E-state index >= 15 is 0 Å². The maximum absolute atomic E-state index is 4.71. The normalized spacial score (nSPS) is 14.6. The van der Waals surface area contributed by atoms with E-state index in [0.29, 0.717) is 5.92 Å². The van der Waals surface area contributed by atoms with Gasteiger partial charge in [0.25, 0.3) is 0 Å². The van der Waals surface area contributed by atoms with E-state index in [1.165, 1.54) is 17.7 Å². The first kappa shape index (κ1) is 12.2. The SMILES string of the molecule is CC(C)c1nccc(N2CCCc3ccccc32)n1. The Hall–Kier alpha value is -1.90. The van der Waals surface area contributed by atoms with Crippen molar-refractivity contribution in [1.29, 1.82) is 0 Å². The fraction of sp³-hybridized carbons (Fsp3) is 0.375. The zero-order valence-corrected chi connectivity index (χ0v) is 11.5. The average Bonchev–Trinajstić information content (AvgIpc) is 2.47. The summed E-state index contributed by atoms with van der Waals surface area (Å²) in [7, 11) is 0. The van der Waals surface area contributed by atoms with Gasteiger partial charge in [0, 0.05) is 24.3 Å². The molecule has 3 nitrogen and oxygen atoms in total. The van der Waals surface area contributed by atoms with Gasteiger partial charge in [0.2, 0.25) is 0 Å². The molecule has 2 heterocycles. The summed E-state index contributed by atoms with van der Waals surface area (Å²) in [5, 5.41) is 0. The molecule has 0 unspecified atom stereocenters. The van der Waals surface area contributed by atoms with Crippen molar-refractivity contribution < 1.29 is 0 Å². The third-order valence-electron chi connectivity index (χ3n) is 3.56. The van der Waals surface area contributed by atoms with E-state index < -0.39 is 0 Å². The van der Waals surface area contributed by atoms with Crippen LogP contribution in [0.4, 0.5) is 11.5 Å². The number of hydrogen-bond acceptors (Lipinski definition) is 3. The summed E-state index contributed by atoms with van der Waals surface area (Å²) in [6.45, 7) is 5.29. The van der Waals surface area contributed by atoms with Crippen molar-refractivity contribution in [2.45, 2.75) is 32.6 Å². The van der Waals surface area contributed by atoms with Crippen LogP contribution in [0.3, 0.4) is 0 Å². The lowest BCUT2D eigenvalue weighted by atomic mass is 10.0. The molecule has 0 spiro atoms. The van der Waals surface area contributed by atoms with Crippen LogP contribution in [0.1, 0.15) is 37.6 Å². The lowest BCUT2D eigenvalue weighted by Gasteiger charge is -2.30. The molecule has 98 valence electrons. The summed E-state index contributed by atoms with van der Waals surface area (Å²) in [5.74, 6) is 2.30. The summed E-state index contributed by atoms with van der Waals surface area (Å²) in [6, 6.07) is 10.6. The third-order valence-corrected chi connectivity index (χ3v) is 3.56. The van der Waals surface area contributed by atoms with E-state index in [1.807, 2.05) is 12.3 Å². The molecule has 0 fully saturated rings. The van der Waals surface area contributed by atoms with Crippen molar-refractivity contribution in [3.05, 3.63) is 47.9 Å². The van der Waals surface area contributed by atoms with Crippen molar-refractivity contribution in [2.24, 2.45) is 0 Å². The minimum atomic E-state index is 0.361. The van der Waals surface area contributed by atoms with E-state index in [4.69, 9.17) is 4.98 Å². The zero-order valence-electron chi connectivity index (χ0n) is 11.5. The highest BCUT2D eigenvalue weighted by atomic mass is 15.2. The van der Waals surface area contributed by atoms with Gasteiger partial charge in [-0.3, -0.25) is 0 Å². The topological polar surface area (TPSA) is 29.0 Å². The molecule has 1 aromatic carbocycles. The predicted octanol–water partition coefficient (Wildman–Crippen LogP) is 3.68. The molecular formula is C16H19N3. The summed E-state index contributed by atoms with van der Waals surface area (Å²) in [4.78, 5) is 11.4. The molecule has 3 rings (SSSR count). The maximum atomic E-state index is 4.71. The monoisotopic (exact) mass is 253 g/mol. The van der Waals surface area contributed by atoms with E-state index in [0.717, 1.165) is 24.6 Å². The number of fused-ring (bicyclic) bond motifs is 1. The molecule has 1 aliphatic heterocycles. The van der Waals surface area contributed by atoms with Gasteiger partial charge in [-0.1, -0.05) is 32.0 Å². The van der Waals surface area contributed by atoms with Crippen LogP contribution in [0.25, 0.3) is 0 Å². The molecule has 0 amide bonds. The van der Waals surface area contributed by atoms with Crippen LogP contribution in [0, 0.1) is 0 Å². The molecule has 0 N–H and O–H groups in total. The van der Waals surface area contributed by atoms with E-state index in [9.17, 15) is 0 Å². The van der Waals surface area contributed by atoms with Crippen LogP contribution in [0.15, 0.2) is 36.5 Å². The lowest BCUT2D eigenvalue weighted by molar-refractivity contribution is 0.736. The van der Waals surface area contributed by atoms with Crippen LogP contribution in [0.2, 0.25) is 0 Å². The molecule has 3 heteroatoms. The van der Waals surface area contributed by atoms with Crippen LogP contribution < -0.4 is 4.90 Å². The number of hydrogen-bond donors (Lipinski definition) is 0. The first-order valence-electron chi connectivity index (χ1n) is 6.94. The van der Waals surface area contributed by atoms with E-state index in [2.05, 4.69) is 48.0 Å². The highest BCUT2D eigenvalue weighted by Gasteiger charge is 2.19. The summed E-state index contributed by atoms with van der Waals surface area (Å²) >= 11 is 0. The van der Waals surface area contributed by atoms with Gasteiger partial charge in [0.1, 0.15) is 11.6 Å². The summed E-state index contributed by atoms with van der Waals surface area (Å²) in [5.41, 5.74) is 2.71. The Morgan fingerprint density at radius 1 is 1.16 bits per heavy atom. The predicted molar refractivity (Wildman–Crippen MR) is 77.9 cm³/mol. The number of benzene rings is 1. The standard InChI is InChI=1S/C16H19N3/c1-12(2)16-17-10-9-15(18-16)19-11-5-7-13-6-3-4-8-14(13)19/h3-4,6,8-10,12H,5,7,11H2,1-2H3. The molecule has 0 radical (unpaired) electrons. The first-order chi connectivity index (χ1) is 9.25. The molecular weight excluding hydrogens is 234 g/mol. The number of aromatic nitrogens is 2. The second-order valence-corrected chi connectivity index (χ2v) is 5.31. The van der Waals surface area contributed by atoms with Crippen LogP contribution >= 0.6 is 0 Å². The van der Waals surface area contributed by atoms with E-state index in [-0.39, 0.29) is 0 Å². The average molecular weight is 253 g/mol. The third kappa shape index (κ3) is 2.33. The molecule has 1 aliphatic rings. The second-order valence-electron chi connectivity index (χ2n) is 5.31. The molecule has 0 bridgehead atoms. The first-order valence-corrected chi connectivity index (χ1v) is 6.94. The van der Waals surface area contributed by atoms with Crippen LogP contribution in [-0.2, 0) is 6.42 Å². The Balaban J connectivity index is 2.01. The summed E-state index contributed by atoms with van der Waals surface area (Å²) < 4.78 is 0. The number of nitrogens with zero attached hydrogens (tertiary/aromatic N) is 3. The van der Waals surface area contributed by atoms with Crippen LogP contribution in [-0.4, -0.2) is 16.5 Å². The van der Waals surface area contributed by atoms with Gasteiger partial charge >= 0.3 is 0 Å². The molecule has 0 aliphatic carbocycles. The number of aryl methyl sites for hydroxylation is 1. The highest BCUT2D eigenvalue weighted by Crippen LogP contribution is 2.32. The number of anilines is 2. The molecule has 0 saturated heterocycles. The molecule has 19 heavy (non-hydrogen) atoms. The van der Waals surface area contributed by atoms with Gasteiger partial charge < -0.3 is 4.90 Å². The fourth-order valence-corrected chi connectivity index (χ4v) is 2.56. The Morgan fingerprint density at radius 3 is 2.84 bits per heavy atom. The van der Waals surface area contributed by atoms with Crippen LogP contribution in [0.5, 0.6) is 0 Å². The Morgan fingerprint density at radius 2 is 2.00 bits per heavy atom. The van der Waals surface area contributed by atoms with Gasteiger partial charge in [-0.05, 0) is 30.5 Å². The Kier molecular flexibility index (Phi) is 3.20. The maximum Gasteiger partial charge on any atom is 0.136 e. The van der Waals surface area contributed by atoms with Crippen molar-refractivity contribution in [3.8, 4) is 0 Å². The van der Waals surface area contributed by atoms with Crippen molar-refractivity contribution in [3.63, 3.8) is 0 Å². The van der Waals surface area contributed by atoms with Crippen molar-refractivity contribution in [2.75, 3.05) is 11.4 Å². The largest absolute Gasteiger partial charge is 0.326 e. The van der Waals surface area contributed by atoms with E-state index in [1.54, 1.807) is 0 Å². The minimum Gasteiger partial charge on any atom is -0.326 e. The lowest BCUT2D eigenvalue weighted by Crippen LogP contribution is -2.25. The van der Waals surface area contributed by atoms with Gasteiger partial charge in [-0.25, -0.2) is 9.97 Å². The van der Waals surface area contributed by atoms with Crippen molar-refractivity contribution >= 4 is 11.5 Å². The Labute approximate surface area is 114 Å². The summed E-state index contributed by atoms with van der Waals surface area (Å²) in [6.07, 6.45) is 4.21. The van der Waals surface area contributed by atoms with Gasteiger partial charge in [-0.15, -0.1) is 0 Å².